The van der Waals surface area contributed by atoms with Crippen LogP contribution >= 0.6 is 22.7 Å². The lowest BCUT2D eigenvalue weighted by Crippen LogP contribution is -2.46. The van der Waals surface area contributed by atoms with Crippen LogP contribution in [0.1, 0.15) is 12.6 Å². The lowest BCUT2D eigenvalue weighted by atomic mass is 10.2. The maximum absolute atomic E-state index is 5.53. The molecule has 1 fully saturated rings. The highest BCUT2D eigenvalue weighted by Crippen LogP contribution is 2.29. The van der Waals surface area contributed by atoms with Gasteiger partial charge in [-0.2, -0.15) is 0 Å². The highest BCUT2D eigenvalue weighted by molar-refractivity contribution is 7.16. The largest absolute Gasteiger partial charge is 0.494 e. The second kappa shape index (κ2) is 8.67. The minimum atomic E-state index is 0.684. The molecule has 8 heteroatoms. The summed E-state index contributed by atoms with van der Waals surface area (Å²) in [5.74, 6) is 1.96. The van der Waals surface area contributed by atoms with Crippen molar-refractivity contribution in [1.82, 2.24) is 19.9 Å². The van der Waals surface area contributed by atoms with Crippen molar-refractivity contribution in [2.45, 2.75) is 13.5 Å². The fourth-order valence-electron chi connectivity index (χ4n) is 3.75. The Balaban J connectivity index is 1.20. The maximum atomic E-state index is 5.53. The Bertz CT molecular complexity index is 1120. The normalized spacial score (nSPS) is 15.0. The van der Waals surface area contributed by atoms with Crippen LogP contribution in [-0.2, 0) is 6.54 Å². The van der Waals surface area contributed by atoms with Crippen LogP contribution in [0.4, 0.5) is 5.82 Å². The number of rotatable bonds is 6. The van der Waals surface area contributed by atoms with Gasteiger partial charge in [0.25, 0.3) is 0 Å². The third kappa shape index (κ3) is 4.03. The zero-order chi connectivity index (χ0) is 20.3. The first-order valence-electron chi connectivity index (χ1n) is 10.1. The van der Waals surface area contributed by atoms with Crippen molar-refractivity contribution in [2.75, 3.05) is 37.7 Å². The van der Waals surface area contributed by atoms with Crippen molar-refractivity contribution in [3.63, 3.8) is 0 Å². The average molecular weight is 438 g/mol. The lowest BCUT2D eigenvalue weighted by Gasteiger charge is -2.35. The summed E-state index contributed by atoms with van der Waals surface area (Å²) in [5.41, 5.74) is 2.28. The molecule has 1 aromatic carbocycles. The van der Waals surface area contributed by atoms with Gasteiger partial charge in [0.05, 0.1) is 17.7 Å². The summed E-state index contributed by atoms with van der Waals surface area (Å²) < 4.78 is 5.53. The van der Waals surface area contributed by atoms with E-state index >= 15 is 0 Å². The molecular weight excluding hydrogens is 414 g/mol. The number of hydrogen-bond donors (Lipinski definition) is 0. The number of piperazine rings is 1. The first-order valence-corrected chi connectivity index (χ1v) is 11.9. The minimum absolute atomic E-state index is 0.684. The van der Waals surface area contributed by atoms with E-state index < -0.39 is 0 Å². The molecule has 1 saturated heterocycles. The molecule has 0 spiro atoms. The molecule has 30 heavy (non-hydrogen) atoms. The molecular formula is C22H23N5OS2. The Hall–Kier alpha value is -2.55. The van der Waals surface area contributed by atoms with Crippen LogP contribution in [0.5, 0.6) is 5.75 Å². The summed E-state index contributed by atoms with van der Waals surface area (Å²) in [5, 5.41) is 6.49. The summed E-state index contributed by atoms with van der Waals surface area (Å²) in [6, 6.07) is 10.3. The molecule has 1 aliphatic heterocycles. The van der Waals surface area contributed by atoms with Crippen molar-refractivity contribution in [2.24, 2.45) is 0 Å². The van der Waals surface area contributed by atoms with Crippen molar-refractivity contribution >= 4 is 38.7 Å². The molecule has 0 radical (unpaired) electrons. The molecule has 4 heterocycles. The van der Waals surface area contributed by atoms with Crippen molar-refractivity contribution < 1.29 is 4.74 Å². The summed E-state index contributed by atoms with van der Waals surface area (Å²) in [6.07, 6.45) is 1.68. The van der Waals surface area contributed by atoms with Gasteiger partial charge in [0.15, 0.2) is 0 Å². The van der Waals surface area contributed by atoms with E-state index in [1.54, 1.807) is 29.0 Å². The summed E-state index contributed by atoms with van der Waals surface area (Å²) >= 11 is 3.37. The van der Waals surface area contributed by atoms with Gasteiger partial charge in [-0.25, -0.2) is 15.0 Å². The Kier molecular flexibility index (Phi) is 5.61. The number of thiazole rings is 1. The number of benzene rings is 1. The van der Waals surface area contributed by atoms with E-state index in [2.05, 4.69) is 48.7 Å². The number of thiophene rings is 1. The van der Waals surface area contributed by atoms with Crippen LogP contribution in [0.3, 0.4) is 0 Å². The minimum Gasteiger partial charge on any atom is -0.494 e. The molecule has 0 saturated carbocycles. The van der Waals surface area contributed by atoms with Crippen molar-refractivity contribution in [3.05, 3.63) is 53.1 Å². The number of fused-ring (bicyclic) bond motifs is 1. The molecule has 154 valence electrons. The number of hydrogen-bond acceptors (Lipinski definition) is 8. The van der Waals surface area contributed by atoms with Gasteiger partial charge in [-0.3, -0.25) is 4.90 Å². The highest BCUT2D eigenvalue weighted by atomic mass is 32.1. The van der Waals surface area contributed by atoms with Crippen LogP contribution in [-0.4, -0.2) is 52.6 Å². The third-order valence-corrected chi connectivity index (χ3v) is 7.02. The molecule has 0 unspecified atom stereocenters. The Morgan fingerprint density at radius 2 is 1.83 bits per heavy atom. The van der Waals surface area contributed by atoms with Crippen molar-refractivity contribution in [1.29, 1.82) is 0 Å². The van der Waals surface area contributed by atoms with Crippen LogP contribution in [0.15, 0.2) is 47.4 Å². The smallest absolute Gasteiger partial charge is 0.140 e. The van der Waals surface area contributed by atoms with E-state index in [0.29, 0.717) is 6.61 Å². The monoisotopic (exact) mass is 437 g/mol. The first kappa shape index (κ1) is 19.4. The summed E-state index contributed by atoms with van der Waals surface area (Å²) in [6.45, 7) is 7.52. The second-order valence-electron chi connectivity index (χ2n) is 7.20. The molecule has 6 nitrogen and oxygen atoms in total. The summed E-state index contributed by atoms with van der Waals surface area (Å²) in [7, 11) is 0. The topological polar surface area (TPSA) is 54.4 Å². The first-order chi connectivity index (χ1) is 14.8. The van der Waals surface area contributed by atoms with Gasteiger partial charge in [0.1, 0.15) is 27.7 Å². The predicted octanol–water partition coefficient (Wildman–Crippen LogP) is 4.54. The fourth-order valence-corrected chi connectivity index (χ4v) is 5.29. The molecule has 1 aliphatic rings. The SMILES string of the molecule is CCOc1ccc(-c2nc(CN3CCN(c4ncnc5sccc45)CC3)cs2)cc1. The van der Waals surface area contributed by atoms with Crippen LogP contribution in [0.25, 0.3) is 20.8 Å². The zero-order valence-corrected chi connectivity index (χ0v) is 18.5. The van der Waals surface area contributed by atoms with E-state index in [9.17, 15) is 0 Å². The lowest BCUT2D eigenvalue weighted by molar-refractivity contribution is 0.247. The molecule has 0 atom stereocenters. The third-order valence-electron chi connectivity index (χ3n) is 5.26. The number of ether oxygens (including phenoxy) is 1. The van der Waals surface area contributed by atoms with Gasteiger partial charge < -0.3 is 9.64 Å². The van der Waals surface area contributed by atoms with E-state index in [4.69, 9.17) is 9.72 Å². The number of nitrogens with zero attached hydrogens (tertiary/aromatic N) is 5. The molecule has 5 rings (SSSR count). The van der Waals surface area contributed by atoms with Gasteiger partial charge in [0, 0.05) is 43.7 Å². The zero-order valence-electron chi connectivity index (χ0n) is 16.8. The molecule has 0 bridgehead atoms. The number of anilines is 1. The van der Waals surface area contributed by atoms with Crippen molar-refractivity contribution in [3.8, 4) is 16.3 Å². The Morgan fingerprint density at radius 1 is 1.00 bits per heavy atom. The van der Waals surface area contributed by atoms with Crippen LogP contribution in [0, 0.1) is 0 Å². The van der Waals surface area contributed by atoms with Crippen LogP contribution in [0.2, 0.25) is 0 Å². The highest BCUT2D eigenvalue weighted by Gasteiger charge is 2.21. The summed E-state index contributed by atoms with van der Waals surface area (Å²) in [4.78, 5) is 19.7. The Labute approximate surface area is 183 Å². The van der Waals surface area contributed by atoms with E-state index in [1.165, 1.54) is 0 Å². The molecule has 0 amide bonds. The second-order valence-corrected chi connectivity index (χ2v) is 8.95. The molecule has 4 aromatic rings. The Morgan fingerprint density at radius 3 is 2.63 bits per heavy atom. The standard InChI is InChI=1S/C22H23N5OS2/c1-2-28-18-5-3-16(4-6-18)21-25-17(14-30-21)13-26-8-10-27(11-9-26)20-19-7-12-29-22(19)24-15-23-20/h3-7,12,14-15H,2,8-11,13H2,1H3. The molecule has 3 aromatic heterocycles. The molecule has 0 N–H and O–H groups in total. The average Bonchev–Trinajstić information content (AvgIpc) is 3.45. The number of aromatic nitrogens is 3. The van der Waals surface area contributed by atoms with Gasteiger partial charge in [-0.15, -0.1) is 22.7 Å². The van der Waals surface area contributed by atoms with Gasteiger partial charge in [0.2, 0.25) is 0 Å². The van der Waals surface area contributed by atoms with Gasteiger partial charge in [-0.1, -0.05) is 0 Å². The van der Waals surface area contributed by atoms with Gasteiger partial charge >= 0.3 is 0 Å². The van der Waals surface area contributed by atoms with Gasteiger partial charge in [-0.05, 0) is 42.6 Å². The quantitative estimate of drug-likeness (QED) is 0.442. The van der Waals surface area contributed by atoms with E-state index in [-0.39, 0.29) is 0 Å². The fraction of sp³-hybridized carbons (Fsp3) is 0.318. The predicted molar refractivity (Wildman–Crippen MR) is 124 cm³/mol. The molecule has 0 aliphatic carbocycles. The van der Waals surface area contributed by atoms with E-state index in [1.807, 2.05) is 19.1 Å². The maximum Gasteiger partial charge on any atom is 0.140 e. The van der Waals surface area contributed by atoms with E-state index in [0.717, 1.165) is 70.8 Å². The van der Waals surface area contributed by atoms with Crippen LogP contribution < -0.4 is 9.64 Å².